The van der Waals surface area contributed by atoms with E-state index < -0.39 is 12.0 Å². The summed E-state index contributed by atoms with van der Waals surface area (Å²) in [5, 5.41) is 10.8. The van der Waals surface area contributed by atoms with Crippen LogP contribution in [-0.4, -0.2) is 23.5 Å². The molecule has 2 N–H and O–H groups in total. The van der Waals surface area contributed by atoms with Crippen LogP contribution in [0.5, 0.6) is 0 Å². The van der Waals surface area contributed by atoms with Gasteiger partial charge in [0.05, 0.1) is 0 Å². The lowest BCUT2D eigenvalue weighted by atomic mass is 10.1. The summed E-state index contributed by atoms with van der Waals surface area (Å²) in [7, 11) is 0. The molecule has 0 heterocycles. The Hall–Kier alpha value is -1.32. The number of carboxylic acids is 1. The number of hydrogen-bond acceptors (Lipinski definition) is 2. The highest BCUT2D eigenvalue weighted by Crippen LogP contribution is 2.00. The van der Waals surface area contributed by atoms with Crippen molar-refractivity contribution in [2.45, 2.75) is 25.3 Å². The van der Waals surface area contributed by atoms with Crippen molar-refractivity contribution < 1.29 is 14.7 Å². The highest BCUT2D eigenvalue weighted by Gasteiger charge is 2.14. The van der Waals surface area contributed by atoms with E-state index in [0.717, 1.165) is 12.8 Å². The van der Waals surface area contributed by atoms with Gasteiger partial charge in [-0.15, -0.1) is 6.58 Å². The third kappa shape index (κ3) is 4.49. The molecule has 68 valence electrons. The van der Waals surface area contributed by atoms with E-state index in [1.165, 1.54) is 0 Å². The second-order valence-corrected chi connectivity index (χ2v) is 2.39. The molecular weight excluding hydrogens is 158 g/mol. The average Bonchev–Trinajstić information content (AvgIpc) is 2.03. The summed E-state index contributed by atoms with van der Waals surface area (Å²) in [4.78, 5) is 20.4. The summed E-state index contributed by atoms with van der Waals surface area (Å²) < 4.78 is 0. The molecule has 0 saturated heterocycles. The van der Waals surface area contributed by atoms with Gasteiger partial charge >= 0.3 is 5.97 Å². The normalized spacial score (nSPS) is 11.7. The summed E-state index contributed by atoms with van der Waals surface area (Å²) in [6.07, 6.45) is 4.07. The molecule has 0 aromatic carbocycles. The Labute approximate surface area is 71.3 Å². The molecule has 4 nitrogen and oxygen atoms in total. The summed E-state index contributed by atoms with van der Waals surface area (Å²) in [6.45, 7) is 3.51. The van der Waals surface area contributed by atoms with Crippen molar-refractivity contribution in [1.82, 2.24) is 5.32 Å². The molecule has 0 radical (unpaired) electrons. The van der Waals surface area contributed by atoms with Gasteiger partial charge in [0.15, 0.2) is 0 Å². The number of aliphatic carboxylic acids is 1. The highest BCUT2D eigenvalue weighted by atomic mass is 16.4. The Morgan fingerprint density at radius 2 is 2.33 bits per heavy atom. The standard InChI is InChI=1S/C8H13NO3/c1-2-3-4-5-7(8(11)12)9-6-10/h2,6-7H,1,3-5H2,(H,9,10)(H,11,12). The van der Waals surface area contributed by atoms with Crippen molar-refractivity contribution in [2.75, 3.05) is 0 Å². The molecule has 1 atom stereocenters. The van der Waals surface area contributed by atoms with Crippen LogP contribution in [0.1, 0.15) is 19.3 Å². The fourth-order valence-corrected chi connectivity index (χ4v) is 0.827. The van der Waals surface area contributed by atoms with E-state index in [9.17, 15) is 9.59 Å². The molecule has 0 aliphatic carbocycles. The topological polar surface area (TPSA) is 66.4 Å². The molecule has 0 rings (SSSR count). The van der Waals surface area contributed by atoms with Crippen LogP contribution in [0.4, 0.5) is 0 Å². The predicted octanol–water partition coefficient (Wildman–Crippen LogP) is 0.542. The SMILES string of the molecule is C=CCCCC(NC=O)C(=O)O. The molecule has 1 amide bonds. The highest BCUT2D eigenvalue weighted by molar-refractivity contribution is 5.76. The molecule has 0 aliphatic rings. The first-order valence-corrected chi connectivity index (χ1v) is 3.75. The van der Waals surface area contributed by atoms with Crippen LogP contribution in [0.15, 0.2) is 12.7 Å². The molecule has 0 aliphatic heterocycles. The summed E-state index contributed by atoms with van der Waals surface area (Å²) >= 11 is 0. The minimum atomic E-state index is -0.994. The molecule has 0 bridgehead atoms. The maximum atomic E-state index is 10.4. The molecule has 0 aromatic heterocycles. The van der Waals surface area contributed by atoms with Crippen LogP contribution in [0.3, 0.4) is 0 Å². The van der Waals surface area contributed by atoms with Gasteiger partial charge in [0.25, 0.3) is 0 Å². The second kappa shape index (κ2) is 6.39. The fraction of sp³-hybridized carbons (Fsp3) is 0.500. The maximum Gasteiger partial charge on any atom is 0.326 e. The molecular formula is C8H13NO3. The van der Waals surface area contributed by atoms with Crippen LogP contribution in [-0.2, 0) is 9.59 Å². The van der Waals surface area contributed by atoms with E-state index in [4.69, 9.17) is 5.11 Å². The largest absolute Gasteiger partial charge is 0.480 e. The Balaban J connectivity index is 3.70. The van der Waals surface area contributed by atoms with Gasteiger partial charge in [0, 0.05) is 0 Å². The number of rotatable bonds is 7. The first-order valence-electron chi connectivity index (χ1n) is 3.75. The van der Waals surface area contributed by atoms with Crippen molar-refractivity contribution in [3.8, 4) is 0 Å². The van der Waals surface area contributed by atoms with Gasteiger partial charge in [0.1, 0.15) is 6.04 Å². The molecule has 0 aromatic rings. The van der Waals surface area contributed by atoms with Crippen molar-refractivity contribution >= 4 is 12.4 Å². The number of hydrogen-bond donors (Lipinski definition) is 2. The minimum absolute atomic E-state index is 0.409. The zero-order valence-corrected chi connectivity index (χ0v) is 6.82. The van der Waals surface area contributed by atoms with E-state index in [0.29, 0.717) is 12.8 Å². The van der Waals surface area contributed by atoms with Gasteiger partial charge in [-0.2, -0.15) is 0 Å². The first kappa shape index (κ1) is 10.7. The smallest absolute Gasteiger partial charge is 0.326 e. The van der Waals surface area contributed by atoms with Gasteiger partial charge in [-0.05, 0) is 19.3 Å². The lowest BCUT2D eigenvalue weighted by molar-refractivity contribution is -0.140. The van der Waals surface area contributed by atoms with Gasteiger partial charge in [-0.25, -0.2) is 4.79 Å². The minimum Gasteiger partial charge on any atom is -0.480 e. The van der Waals surface area contributed by atoms with Crippen LogP contribution in [0.25, 0.3) is 0 Å². The number of carbonyl (C=O) groups excluding carboxylic acids is 1. The monoisotopic (exact) mass is 171 g/mol. The van der Waals surface area contributed by atoms with Gasteiger partial charge in [0.2, 0.25) is 6.41 Å². The van der Waals surface area contributed by atoms with Crippen LogP contribution < -0.4 is 5.32 Å². The Kier molecular flexibility index (Phi) is 5.69. The Bertz CT molecular complexity index is 168. The van der Waals surface area contributed by atoms with Gasteiger partial charge in [-0.1, -0.05) is 6.08 Å². The third-order valence-electron chi connectivity index (χ3n) is 1.47. The van der Waals surface area contributed by atoms with E-state index in [2.05, 4.69) is 11.9 Å². The van der Waals surface area contributed by atoms with Crippen molar-refractivity contribution in [2.24, 2.45) is 0 Å². The predicted molar refractivity (Wildman–Crippen MR) is 44.7 cm³/mol. The molecule has 0 saturated carbocycles. The number of carboxylic acid groups (broad SMARTS) is 1. The molecule has 0 fully saturated rings. The third-order valence-corrected chi connectivity index (χ3v) is 1.47. The molecule has 12 heavy (non-hydrogen) atoms. The van der Waals surface area contributed by atoms with E-state index >= 15 is 0 Å². The fourth-order valence-electron chi connectivity index (χ4n) is 0.827. The molecule has 0 spiro atoms. The Morgan fingerprint density at radius 1 is 1.67 bits per heavy atom. The summed E-state index contributed by atoms with van der Waals surface area (Å²) in [5.41, 5.74) is 0. The second-order valence-electron chi connectivity index (χ2n) is 2.39. The average molecular weight is 171 g/mol. The Morgan fingerprint density at radius 3 is 2.75 bits per heavy atom. The van der Waals surface area contributed by atoms with Crippen LogP contribution in [0.2, 0.25) is 0 Å². The molecule has 4 heteroatoms. The first-order chi connectivity index (χ1) is 5.72. The van der Waals surface area contributed by atoms with E-state index in [1.807, 2.05) is 0 Å². The van der Waals surface area contributed by atoms with E-state index in [-0.39, 0.29) is 0 Å². The molecule has 1 unspecified atom stereocenters. The zero-order valence-electron chi connectivity index (χ0n) is 6.82. The lowest BCUT2D eigenvalue weighted by Gasteiger charge is -2.09. The number of allylic oxidation sites excluding steroid dienone is 1. The summed E-state index contributed by atoms with van der Waals surface area (Å²) in [5.74, 6) is -0.994. The number of nitrogens with one attached hydrogen (secondary N) is 1. The summed E-state index contributed by atoms with van der Waals surface area (Å²) in [6, 6.07) is -0.762. The van der Waals surface area contributed by atoms with Gasteiger partial charge < -0.3 is 10.4 Å². The quantitative estimate of drug-likeness (QED) is 0.334. The number of amides is 1. The zero-order chi connectivity index (χ0) is 9.40. The van der Waals surface area contributed by atoms with Crippen LogP contribution in [0, 0.1) is 0 Å². The van der Waals surface area contributed by atoms with Crippen molar-refractivity contribution in [3.63, 3.8) is 0 Å². The van der Waals surface area contributed by atoms with E-state index in [1.54, 1.807) is 6.08 Å². The van der Waals surface area contributed by atoms with Gasteiger partial charge in [-0.3, -0.25) is 4.79 Å². The number of unbranched alkanes of at least 4 members (excludes halogenated alkanes) is 1. The maximum absolute atomic E-state index is 10.4. The lowest BCUT2D eigenvalue weighted by Crippen LogP contribution is -2.35. The van der Waals surface area contributed by atoms with Crippen molar-refractivity contribution in [3.05, 3.63) is 12.7 Å². The van der Waals surface area contributed by atoms with Crippen molar-refractivity contribution in [1.29, 1.82) is 0 Å². The number of carbonyl (C=O) groups is 2. The van der Waals surface area contributed by atoms with Crippen LogP contribution >= 0.6 is 0 Å².